The molecule has 0 amide bonds. The highest BCUT2D eigenvalue weighted by atomic mass is 32.1. The van der Waals surface area contributed by atoms with Gasteiger partial charge in [-0.1, -0.05) is 6.07 Å². The second kappa shape index (κ2) is 4.03. The summed E-state index contributed by atoms with van der Waals surface area (Å²) in [6.07, 6.45) is 2.69. The maximum Gasteiger partial charge on any atom is 0.103 e. The summed E-state index contributed by atoms with van der Waals surface area (Å²) in [6.45, 7) is 1.61. The summed E-state index contributed by atoms with van der Waals surface area (Å²) >= 11 is 1.73. The maximum absolute atomic E-state index is 5.76. The van der Waals surface area contributed by atoms with Crippen LogP contribution in [0.4, 0.5) is 0 Å². The Morgan fingerprint density at radius 3 is 3.00 bits per heavy atom. The minimum atomic E-state index is 0.574. The standard InChI is InChI=1S/C12H15N3S/c13-7-10-6-11(12-2-1-5-16-12)14-15(10)8-9-3-4-9/h1-2,5-6,9H,3-4,7-8,13H2. The van der Waals surface area contributed by atoms with Gasteiger partial charge in [0.1, 0.15) is 5.69 Å². The van der Waals surface area contributed by atoms with Crippen LogP contribution in [-0.4, -0.2) is 9.78 Å². The number of hydrogen-bond acceptors (Lipinski definition) is 3. The smallest absolute Gasteiger partial charge is 0.103 e. The number of nitrogens with two attached hydrogens (primary N) is 1. The second-order valence-corrected chi connectivity index (χ2v) is 5.28. The van der Waals surface area contributed by atoms with Crippen LogP contribution in [0.1, 0.15) is 18.5 Å². The molecule has 1 aliphatic carbocycles. The summed E-state index contributed by atoms with van der Waals surface area (Å²) in [7, 11) is 0. The van der Waals surface area contributed by atoms with Crippen LogP contribution in [0.2, 0.25) is 0 Å². The van der Waals surface area contributed by atoms with Crippen LogP contribution in [0.5, 0.6) is 0 Å². The van der Waals surface area contributed by atoms with E-state index in [0.29, 0.717) is 6.54 Å². The highest BCUT2D eigenvalue weighted by molar-refractivity contribution is 7.13. The van der Waals surface area contributed by atoms with E-state index >= 15 is 0 Å². The first-order valence-corrected chi connectivity index (χ1v) is 6.55. The maximum atomic E-state index is 5.76. The molecule has 0 unspecified atom stereocenters. The molecule has 2 heterocycles. The molecule has 3 rings (SSSR count). The van der Waals surface area contributed by atoms with Crippen molar-refractivity contribution in [1.29, 1.82) is 0 Å². The SMILES string of the molecule is NCc1cc(-c2cccs2)nn1CC1CC1. The quantitative estimate of drug-likeness (QED) is 0.881. The zero-order valence-corrected chi connectivity index (χ0v) is 9.91. The molecule has 84 valence electrons. The third-order valence-electron chi connectivity index (χ3n) is 2.97. The van der Waals surface area contributed by atoms with Crippen LogP contribution < -0.4 is 5.73 Å². The summed E-state index contributed by atoms with van der Waals surface area (Å²) in [5, 5.41) is 6.73. The Kier molecular flexibility index (Phi) is 2.53. The average molecular weight is 233 g/mol. The van der Waals surface area contributed by atoms with Crippen molar-refractivity contribution < 1.29 is 0 Å². The van der Waals surface area contributed by atoms with Crippen molar-refractivity contribution in [3.8, 4) is 10.6 Å². The topological polar surface area (TPSA) is 43.8 Å². The second-order valence-electron chi connectivity index (χ2n) is 4.33. The van der Waals surface area contributed by atoms with Crippen molar-refractivity contribution in [3.63, 3.8) is 0 Å². The Morgan fingerprint density at radius 1 is 1.50 bits per heavy atom. The van der Waals surface area contributed by atoms with E-state index in [-0.39, 0.29) is 0 Å². The highest BCUT2D eigenvalue weighted by Crippen LogP contribution is 2.32. The minimum Gasteiger partial charge on any atom is -0.325 e. The third kappa shape index (κ3) is 1.90. The first-order valence-electron chi connectivity index (χ1n) is 5.67. The zero-order chi connectivity index (χ0) is 11.0. The molecule has 3 nitrogen and oxygen atoms in total. The summed E-state index contributed by atoms with van der Waals surface area (Å²) in [4.78, 5) is 1.23. The molecule has 0 aliphatic heterocycles. The van der Waals surface area contributed by atoms with Crippen LogP contribution in [0.3, 0.4) is 0 Å². The summed E-state index contributed by atoms with van der Waals surface area (Å²) in [5.41, 5.74) is 7.97. The van der Waals surface area contributed by atoms with E-state index in [9.17, 15) is 0 Å². The molecule has 0 saturated heterocycles. The molecule has 2 aromatic heterocycles. The number of rotatable bonds is 4. The lowest BCUT2D eigenvalue weighted by molar-refractivity contribution is 0.541. The van der Waals surface area contributed by atoms with Crippen LogP contribution >= 0.6 is 11.3 Å². The Balaban J connectivity index is 1.91. The Morgan fingerprint density at radius 2 is 2.38 bits per heavy atom. The van der Waals surface area contributed by atoms with Gasteiger partial charge in [-0.15, -0.1) is 11.3 Å². The molecular formula is C12H15N3S. The van der Waals surface area contributed by atoms with Gasteiger partial charge in [0, 0.05) is 13.1 Å². The molecule has 1 fully saturated rings. The first-order chi connectivity index (χ1) is 7.86. The molecule has 0 bridgehead atoms. The van der Waals surface area contributed by atoms with Crippen molar-refractivity contribution in [1.82, 2.24) is 9.78 Å². The molecule has 1 saturated carbocycles. The molecule has 0 spiro atoms. The predicted molar refractivity (Wildman–Crippen MR) is 66.2 cm³/mol. The summed E-state index contributed by atoms with van der Waals surface area (Å²) in [5.74, 6) is 0.835. The lowest BCUT2D eigenvalue weighted by Crippen LogP contribution is -2.09. The Labute approximate surface area is 98.9 Å². The number of aromatic nitrogens is 2. The lowest BCUT2D eigenvalue weighted by atomic mass is 10.3. The molecule has 2 N–H and O–H groups in total. The Hall–Kier alpha value is -1.13. The number of hydrogen-bond donors (Lipinski definition) is 1. The van der Waals surface area contributed by atoms with Gasteiger partial charge < -0.3 is 5.73 Å². The monoisotopic (exact) mass is 233 g/mol. The number of nitrogens with zero attached hydrogens (tertiary/aromatic N) is 2. The Bertz CT molecular complexity index is 468. The zero-order valence-electron chi connectivity index (χ0n) is 9.10. The van der Waals surface area contributed by atoms with Gasteiger partial charge in [-0.3, -0.25) is 4.68 Å². The van der Waals surface area contributed by atoms with Crippen molar-refractivity contribution in [2.75, 3.05) is 0 Å². The van der Waals surface area contributed by atoms with Gasteiger partial charge in [0.05, 0.1) is 10.6 Å². The van der Waals surface area contributed by atoms with E-state index < -0.39 is 0 Å². The molecule has 2 aromatic rings. The molecule has 0 aromatic carbocycles. The van der Waals surface area contributed by atoms with Crippen molar-refractivity contribution in [3.05, 3.63) is 29.3 Å². The van der Waals surface area contributed by atoms with Gasteiger partial charge >= 0.3 is 0 Å². The van der Waals surface area contributed by atoms with E-state index in [4.69, 9.17) is 5.73 Å². The van der Waals surface area contributed by atoms with E-state index in [1.165, 1.54) is 17.7 Å². The van der Waals surface area contributed by atoms with Gasteiger partial charge in [-0.25, -0.2) is 0 Å². The largest absolute Gasteiger partial charge is 0.325 e. The fourth-order valence-corrected chi connectivity index (χ4v) is 2.55. The van der Waals surface area contributed by atoms with Crippen molar-refractivity contribution in [2.45, 2.75) is 25.9 Å². The van der Waals surface area contributed by atoms with E-state index in [2.05, 4.69) is 33.4 Å². The number of thiophene rings is 1. The summed E-state index contributed by atoms with van der Waals surface area (Å²) in [6, 6.07) is 6.28. The minimum absolute atomic E-state index is 0.574. The van der Waals surface area contributed by atoms with Crippen LogP contribution in [-0.2, 0) is 13.1 Å². The first kappa shape index (κ1) is 10.1. The van der Waals surface area contributed by atoms with Crippen molar-refractivity contribution in [2.24, 2.45) is 11.7 Å². The van der Waals surface area contributed by atoms with E-state index in [1.54, 1.807) is 11.3 Å². The predicted octanol–water partition coefficient (Wildman–Crippen LogP) is 2.48. The van der Waals surface area contributed by atoms with Gasteiger partial charge in [-0.05, 0) is 36.3 Å². The van der Waals surface area contributed by atoms with Crippen LogP contribution in [0.15, 0.2) is 23.6 Å². The van der Waals surface area contributed by atoms with Gasteiger partial charge in [0.15, 0.2) is 0 Å². The third-order valence-corrected chi connectivity index (χ3v) is 3.87. The average Bonchev–Trinajstić information content (AvgIpc) is 2.83. The van der Waals surface area contributed by atoms with E-state index in [1.807, 2.05) is 0 Å². The van der Waals surface area contributed by atoms with Crippen LogP contribution in [0.25, 0.3) is 10.6 Å². The van der Waals surface area contributed by atoms with E-state index in [0.717, 1.165) is 23.9 Å². The normalized spacial score (nSPS) is 15.6. The van der Waals surface area contributed by atoms with Gasteiger partial charge in [0.2, 0.25) is 0 Å². The van der Waals surface area contributed by atoms with Gasteiger partial charge in [-0.2, -0.15) is 5.10 Å². The highest BCUT2D eigenvalue weighted by Gasteiger charge is 2.23. The van der Waals surface area contributed by atoms with Gasteiger partial charge in [0.25, 0.3) is 0 Å². The molecule has 0 atom stereocenters. The fourth-order valence-electron chi connectivity index (χ4n) is 1.87. The molecule has 1 aliphatic rings. The molecule has 4 heteroatoms. The molecular weight excluding hydrogens is 218 g/mol. The summed E-state index contributed by atoms with van der Waals surface area (Å²) < 4.78 is 2.09. The van der Waals surface area contributed by atoms with Crippen molar-refractivity contribution >= 4 is 11.3 Å². The molecule has 16 heavy (non-hydrogen) atoms. The molecule has 0 radical (unpaired) electrons. The van der Waals surface area contributed by atoms with Crippen LogP contribution in [0, 0.1) is 5.92 Å². The lowest BCUT2D eigenvalue weighted by Gasteiger charge is -2.03. The fraction of sp³-hybridized carbons (Fsp3) is 0.417.